The topological polar surface area (TPSA) is 50.4 Å². The second kappa shape index (κ2) is 5.68. The number of benzene rings is 1. The summed E-state index contributed by atoms with van der Waals surface area (Å²) in [4.78, 5) is 12.1. The van der Waals surface area contributed by atoms with Crippen LogP contribution in [0.15, 0.2) is 24.3 Å². The monoisotopic (exact) mass is 234 g/mol. The largest absolute Gasteiger partial charge is 0.493 e. The van der Waals surface area contributed by atoms with E-state index in [4.69, 9.17) is 4.74 Å². The third-order valence-corrected chi connectivity index (χ3v) is 2.83. The van der Waals surface area contributed by atoms with Crippen molar-refractivity contribution < 1.29 is 9.53 Å². The lowest BCUT2D eigenvalue weighted by Gasteiger charge is -2.13. The molecule has 1 aliphatic heterocycles. The number of ether oxygens (including phenoxy) is 1. The summed E-state index contributed by atoms with van der Waals surface area (Å²) >= 11 is 0. The Morgan fingerprint density at radius 1 is 1.53 bits per heavy atom. The van der Waals surface area contributed by atoms with Crippen LogP contribution >= 0.6 is 0 Å². The molecule has 4 heteroatoms. The standard InChI is InChI=1S/C13H18N2O2/c1-2-17-12-6-4-3-5-11(12)13(16)15-10-7-8-14-9-10/h3-6,10,14H,2,7-9H2,1H3,(H,15,16)/t10-/m1/s1. The maximum absolute atomic E-state index is 12.1. The van der Waals surface area contributed by atoms with Gasteiger partial charge in [0, 0.05) is 12.6 Å². The molecule has 0 unspecified atom stereocenters. The SMILES string of the molecule is CCOc1ccccc1C(=O)N[C@@H]1CCNC1. The number of hydrogen-bond acceptors (Lipinski definition) is 3. The molecule has 0 aromatic heterocycles. The first-order valence-electron chi connectivity index (χ1n) is 6.04. The minimum Gasteiger partial charge on any atom is -0.493 e. The van der Waals surface area contributed by atoms with Gasteiger partial charge in [-0.05, 0) is 32.0 Å². The minimum atomic E-state index is -0.0530. The van der Waals surface area contributed by atoms with E-state index in [1.165, 1.54) is 0 Å². The average molecular weight is 234 g/mol. The van der Waals surface area contributed by atoms with E-state index in [1.807, 2.05) is 25.1 Å². The highest BCUT2D eigenvalue weighted by molar-refractivity contribution is 5.97. The van der Waals surface area contributed by atoms with Gasteiger partial charge in [-0.25, -0.2) is 0 Å². The molecule has 1 aromatic carbocycles. The van der Waals surface area contributed by atoms with Crippen LogP contribution < -0.4 is 15.4 Å². The highest BCUT2D eigenvalue weighted by atomic mass is 16.5. The van der Waals surface area contributed by atoms with Crippen LogP contribution in [0.4, 0.5) is 0 Å². The van der Waals surface area contributed by atoms with Crippen LogP contribution in [0.2, 0.25) is 0 Å². The molecule has 17 heavy (non-hydrogen) atoms. The molecule has 1 fully saturated rings. The number of carbonyl (C=O) groups excluding carboxylic acids is 1. The van der Waals surface area contributed by atoms with Gasteiger partial charge in [0.05, 0.1) is 12.2 Å². The van der Waals surface area contributed by atoms with Crippen molar-refractivity contribution in [2.75, 3.05) is 19.7 Å². The molecule has 2 rings (SSSR count). The van der Waals surface area contributed by atoms with Crippen molar-refractivity contribution in [1.29, 1.82) is 0 Å². The lowest BCUT2D eigenvalue weighted by Crippen LogP contribution is -2.36. The summed E-state index contributed by atoms with van der Waals surface area (Å²) < 4.78 is 5.45. The molecule has 0 saturated carbocycles. The first-order valence-corrected chi connectivity index (χ1v) is 6.04. The van der Waals surface area contributed by atoms with Gasteiger partial charge in [0.15, 0.2) is 0 Å². The van der Waals surface area contributed by atoms with Crippen LogP contribution in [0, 0.1) is 0 Å². The van der Waals surface area contributed by atoms with Crippen LogP contribution in [0.5, 0.6) is 5.75 Å². The predicted octanol–water partition coefficient (Wildman–Crippen LogP) is 1.18. The molecule has 4 nitrogen and oxygen atoms in total. The second-order valence-electron chi connectivity index (χ2n) is 4.09. The summed E-state index contributed by atoms with van der Waals surface area (Å²) in [7, 11) is 0. The molecule has 0 spiro atoms. The molecule has 0 radical (unpaired) electrons. The van der Waals surface area contributed by atoms with Crippen molar-refractivity contribution in [3.8, 4) is 5.75 Å². The fourth-order valence-electron chi connectivity index (χ4n) is 1.98. The third-order valence-electron chi connectivity index (χ3n) is 2.83. The molecule has 1 saturated heterocycles. The Kier molecular flexibility index (Phi) is 3.98. The fourth-order valence-corrected chi connectivity index (χ4v) is 1.98. The Labute approximate surface area is 101 Å². The highest BCUT2D eigenvalue weighted by Crippen LogP contribution is 2.18. The molecular formula is C13H18N2O2. The summed E-state index contributed by atoms with van der Waals surface area (Å²) in [6.45, 7) is 4.30. The van der Waals surface area contributed by atoms with Gasteiger partial charge in [-0.15, -0.1) is 0 Å². The molecule has 1 amide bonds. The van der Waals surface area contributed by atoms with Crippen LogP contribution in [0.1, 0.15) is 23.7 Å². The predicted molar refractivity (Wildman–Crippen MR) is 66.4 cm³/mol. The molecule has 1 atom stereocenters. The average Bonchev–Trinajstić information content (AvgIpc) is 2.83. The van der Waals surface area contributed by atoms with Crippen molar-refractivity contribution >= 4 is 5.91 Å². The molecule has 1 aliphatic rings. The van der Waals surface area contributed by atoms with E-state index in [1.54, 1.807) is 6.07 Å². The Hall–Kier alpha value is -1.55. The first kappa shape index (κ1) is 11.9. The van der Waals surface area contributed by atoms with Crippen molar-refractivity contribution in [2.45, 2.75) is 19.4 Å². The fraction of sp³-hybridized carbons (Fsp3) is 0.462. The molecule has 92 valence electrons. The molecule has 0 aliphatic carbocycles. The van der Waals surface area contributed by atoms with E-state index in [-0.39, 0.29) is 11.9 Å². The van der Waals surface area contributed by atoms with Gasteiger partial charge < -0.3 is 15.4 Å². The van der Waals surface area contributed by atoms with Crippen molar-refractivity contribution in [3.63, 3.8) is 0 Å². The normalized spacial score (nSPS) is 19.0. The number of amides is 1. The van der Waals surface area contributed by atoms with Crippen molar-refractivity contribution in [3.05, 3.63) is 29.8 Å². The van der Waals surface area contributed by atoms with Gasteiger partial charge in [0.2, 0.25) is 0 Å². The molecule has 1 heterocycles. The number of nitrogens with one attached hydrogen (secondary N) is 2. The number of carbonyl (C=O) groups is 1. The number of hydrogen-bond donors (Lipinski definition) is 2. The summed E-state index contributed by atoms with van der Waals surface area (Å²) in [6.07, 6.45) is 0.989. The lowest BCUT2D eigenvalue weighted by molar-refractivity contribution is 0.0936. The molecule has 0 bridgehead atoms. The van der Waals surface area contributed by atoms with Crippen LogP contribution in [0.25, 0.3) is 0 Å². The van der Waals surface area contributed by atoms with Crippen molar-refractivity contribution in [2.24, 2.45) is 0 Å². The second-order valence-corrected chi connectivity index (χ2v) is 4.09. The highest BCUT2D eigenvalue weighted by Gasteiger charge is 2.19. The summed E-state index contributed by atoms with van der Waals surface area (Å²) in [5, 5.41) is 6.24. The van der Waals surface area contributed by atoms with E-state index in [2.05, 4.69) is 10.6 Å². The van der Waals surface area contributed by atoms with Crippen LogP contribution in [-0.2, 0) is 0 Å². The van der Waals surface area contributed by atoms with Gasteiger partial charge >= 0.3 is 0 Å². The first-order chi connectivity index (χ1) is 8.31. The van der Waals surface area contributed by atoms with Gasteiger partial charge in [0.1, 0.15) is 5.75 Å². The van der Waals surface area contributed by atoms with Crippen LogP contribution in [0.3, 0.4) is 0 Å². The quantitative estimate of drug-likeness (QED) is 0.822. The maximum Gasteiger partial charge on any atom is 0.255 e. The number of para-hydroxylation sites is 1. The Morgan fingerprint density at radius 2 is 2.35 bits per heavy atom. The summed E-state index contributed by atoms with van der Waals surface area (Å²) in [5.74, 6) is 0.598. The Morgan fingerprint density at radius 3 is 3.06 bits per heavy atom. The van der Waals surface area contributed by atoms with E-state index in [0.717, 1.165) is 19.5 Å². The van der Waals surface area contributed by atoms with Crippen LogP contribution in [-0.4, -0.2) is 31.6 Å². The van der Waals surface area contributed by atoms with Gasteiger partial charge in [-0.2, -0.15) is 0 Å². The van der Waals surface area contributed by atoms with Gasteiger partial charge in [0.25, 0.3) is 5.91 Å². The van der Waals surface area contributed by atoms with Gasteiger partial charge in [-0.3, -0.25) is 4.79 Å². The zero-order chi connectivity index (χ0) is 12.1. The molecule has 2 N–H and O–H groups in total. The third kappa shape index (κ3) is 2.97. The minimum absolute atomic E-state index is 0.0530. The van der Waals surface area contributed by atoms with E-state index >= 15 is 0 Å². The zero-order valence-electron chi connectivity index (χ0n) is 10.0. The lowest BCUT2D eigenvalue weighted by atomic mass is 10.1. The van der Waals surface area contributed by atoms with E-state index in [0.29, 0.717) is 17.9 Å². The van der Waals surface area contributed by atoms with E-state index < -0.39 is 0 Å². The zero-order valence-corrected chi connectivity index (χ0v) is 10.0. The van der Waals surface area contributed by atoms with Crippen molar-refractivity contribution in [1.82, 2.24) is 10.6 Å². The summed E-state index contributed by atoms with van der Waals surface area (Å²) in [6, 6.07) is 7.58. The van der Waals surface area contributed by atoms with E-state index in [9.17, 15) is 4.79 Å². The Balaban J connectivity index is 2.06. The Bertz CT molecular complexity index is 387. The number of rotatable bonds is 4. The van der Waals surface area contributed by atoms with Gasteiger partial charge in [-0.1, -0.05) is 12.1 Å². The smallest absolute Gasteiger partial charge is 0.255 e. The maximum atomic E-state index is 12.1. The summed E-state index contributed by atoms with van der Waals surface area (Å²) in [5.41, 5.74) is 0.612. The molecule has 1 aromatic rings. The molecular weight excluding hydrogens is 216 g/mol.